The average molecular weight is 800 g/mol. The van der Waals surface area contributed by atoms with E-state index in [-0.39, 0.29) is 0 Å². The minimum atomic E-state index is 0.595. The van der Waals surface area contributed by atoms with Crippen LogP contribution < -0.4 is 0 Å². The van der Waals surface area contributed by atoms with Crippen molar-refractivity contribution in [1.29, 1.82) is 0 Å². The van der Waals surface area contributed by atoms with Gasteiger partial charge in [-0.25, -0.2) is 24.9 Å². The number of imidazole rings is 2. The number of rotatable bonds is 7. The summed E-state index contributed by atoms with van der Waals surface area (Å²) in [6.07, 6.45) is 4.14. The van der Waals surface area contributed by atoms with Crippen molar-refractivity contribution in [3.05, 3.63) is 200 Å². The van der Waals surface area contributed by atoms with Crippen LogP contribution in [-0.2, 0) is 0 Å². The maximum Gasteiger partial charge on any atom is 0.164 e. The molecule has 8 heteroatoms. The first-order valence-corrected chi connectivity index (χ1v) is 21.0. The number of nitrogens with zero attached hydrogens (tertiary/aromatic N) is 7. The quantitative estimate of drug-likeness (QED) is 0.161. The second-order valence-electron chi connectivity index (χ2n) is 15.0. The lowest BCUT2D eigenvalue weighted by atomic mass is 10.0. The summed E-state index contributed by atoms with van der Waals surface area (Å²) in [4.78, 5) is 25.6. The molecule has 7 nitrogen and oxygen atoms in total. The van der Waals surface area contributed by atoms with E-state index in [2.05, 4.69) is 161 Å². The number of fused-ring (bicyclic) bond motifs is 5. The molecule has 0 fully saturated rings. The van der Waals surface area contributed by atoms with E-state index in [0.29, 0.717) is 17.5 Å². The number of aromatic nitrogens is 7. The van der Waals surface area contributed by atoms with Crippen LogP contribution in [0.2, 0.25) is 0 Å². The number of pyridine rings is 2. The average Bonchev–Trinajstić information content (AvgIpc) is 4.04. The van der Waals surface area contributed by atoms with Gasteiger partial charge in [0.25, 0.3) is 0 Å². The molecule has 0 bridgehead atoms. The molecule has 0 aliphatic heterocycles. The summed E-state index contributed by atoms with van der Waals surface area (Å²) in [5, 5.41) is 2.49. The van der Waals surface area contributed by atoms with Gasteiger partial charge in [0.05, 0.1) is 22.8 Å². The van der Waals surface area contributed by atoms with E-state index in [4.69, 9.17) is 24.9 Å². The molecule has 0 amide bonds. The fourth-order valence-corrected chi connectivity index (χ4v) is 9.47. The first-order valence-electron chi connectivity index (χ1n) is 20.2. The molecule has 0 N–H and O–H groups in total. The third kappa shape index (κ3) is 6.08. The highest BCUT2D eigenvalue weighted by atomic mass is 32.1. The molecular formula is C53H33N7S. The van der Waals surface area contributed by atoms with Crippen LogP contribution in [0, 0.1) is 0 Å². The first-order chi connectivity index (χ1) is 30.2. The van der Waals surface area contributed by atoms with E-state index >= 15 is 0 Å². The molecule has 6 aromatic carbocycles. The Kier molecular flexibility index (Phi) is 8.21. The normalized spacial score (nSPS) is 11.6. The lowest BCUT2D eigenvalue weighted by molar-refractivity contribution is 1.07. The van der Waals surface area contributed by atoms with Crippen LogP contribution in [0.3, 0.4) is 0 Å². The maximum atomic E-state index is 5.15. The summed E-state index contributed by atoms with van der Waals surface area (Å²) in [5.74, 6) is 1.81. The van der Waals surface area contributed by atoms with Gasteiger partial charge in [0.15, 0.2) is 17.5 Å². The van der Waals surface area contributed by atoms with Crippen molar-refractivity contribution >= 4 is 42.8 Å². The number of hydrogen-bond donors (Lipinski definition) is 0. The topological polar surface area (TPSA) is 73.3 Å². The molecule has 12 rings (SSSR count). The van der Waals surface area contributed by atoms with E-state index in [9.17, 15) is 0 Å². The van der Waals surface area contributed by atoms with E-state index in [1.54, 1.807) is 11.3 Å². The van der Waals surface area contributed by atoms with Gasteiger partial charge in [0.1, 0.15) is 11.3 Å². The van der Waals surface area contributed by atoms with Gasteiger partial charge in [-0.15, -0.1) is 11.3 Å². The molecule has 0 saturated carbocycles. The van der Waals surface area contributed by atoms with Crippen molar-refractivity contribution in [2.24, 2.45) is 0 Å². The van der Waals surface area contributed by atoms with E-state index in [0.717, 1.165) is 73.0 Å². The third-order valence-electron chi connectivity index (χ3n) is 11.3. The van der Waals surface area contributed by atoms with Gasteiger partial charge in [-0.1, -0.05) is 152 Å². The van der Waals surface area contributed by atoms with Gasteiger partial charge in [0.2, 0.25) is 0 Å². The molecule has 0 aliphatic rings. The van der Waals surface area contributed by atoms with E-state index in [1.165, 1.54) is 20.2 Å². The highest BCUT2D eigenvalue weighted by Crippen LogP contribution is 2.38. The first kappa shape index (κ1) is 34.9. The monoisotopic (exact) mass is 799 g/mol. The van der Waals surface area contributed by atoms with E-state index < -0.39 is 0 Å². The van der Waals surface area contributed by atoms with Gasteiger partial charge in [0, 0.05) is 71.5 Å². The van der Waals surface area contributed by atoms with Crippen molar-refractivity contribution in [2.45, 2.75) is 0 Å². The predicted octanol–water partition coefficient (Wildman–Crippen LogP) is 13.2. The number of thiophene rings is 1. The molecule has 0 atom stereocenters. The highest BCUT2D eigenvalue weighted by Gasteiger charge is 2.19. The highest BCUT2D eigenvalue weighted by molar-refractivity contribution is 7.25. The smallest absolute Gasteiger partial charge is 0.164 e. The second-order valence-corrected chi connectivity index (χ2v) is 16.1. The SMILES string of the molecule is c1ccc(-c2c(-c3ccc(-c4nc(-c5ccc(-c6nc7ccccn7c6-c6ccccc6)cc5)nc(-c5ccc6c(c5)sc5ccccc56)n4)cc3)nc3ccccn23)cc1. The Morgan fingerprint density at radius 3 is 1.28 bits per heavy atom. The lowest BCUT2D eigenvalue weighted by Crippen LogP contribution is -2.00. The predicted molar refractivity (Wildman–Crippen MR) is 248 cm³/mol. The van der Waals surface area contributed by atoms with Crippen LogP contribution in [0.4, 0.5) is 0 Å². The molecule has 0 radical (unpaired) electrons. The standard InChI is InChI=1S/C53H33N7S/c1-3-13-36(14-4-1)49-47(54-45-19-9-11-31-59(45)49)34-21-25-38(26-22-34)51-56-52(58-53(57-51)40-29-30-42-41-17-7-8-18-43(41)61-44(42)33-40)39-27-23-35(24-28-39)48-50(37-15-5-2-6-16-37)60-32-12-10-20-46(60)55-48/h1-33H. The summed E-state index contributed by atoms with van der Waals surface area (Å²) >= 11 is 1.79. The van der Waals surface area contributed by atoms with Gasteiger partial charge in [-0.05, 0) is 36.4 Å². The molecule has 0 aliphatic carbocycles. The van der Waals surface area contributed by atoms with E-state index in [1.807, 2.05) is 48.5 Å². The summed E-state index contributed by atoms with van der Waals surface area (Å²) in [6, 6.07) is 64.9. The van der Waals surface area contributed by atoms with Gasteiger partial charge in [-0.2, -0.15) is 0 Å². The van der Waals surface area contributed by atoms with Crippen molar-refractivity contribution in [1.82, 2.24) is 33.7 Å². The van der Waals surface area contributed by atoms with Crippen molar-refractivity contribution in [3.63, 3.8) is 0 Å². The van der Waals surface area contributed by atoms with Gasteiger partial charge in [-0.3, -0.25) is 8.80 Å². The molecular weight excluding hydrogens is 767 g/mol. The summed E-state index contributed by atoms with van der Waals surface area (Å²) in [7, 11) is 0. The largest absolute Gasteiger partial charge is 0.299 e. The maximum absolute atomic E-state index is 5.15. The van der Waals surface area contributed by atoms with Crippen molar-refractivity contribution < 1.29 is 0 Å². The summed E-state index contributed by atoms with van der Waals surface area (Å²) in [5.41, 5.74) is 12.6. The third-order valence-corrected chi connectivity index (χ3v) is 12.4. The number of benzene rings is 6. The molecule has 12 aromatic rings. The van der Waals surface area contributed by atoms with Crippen molar-refractivity contribution in [2.75, 3.05) is 0 Å². The number of hydrogen-bond acceptors (Lipinski definition) is 6. The molecule has 286 valence electrons. The molecule has 0 spiro atoms. The molecule has 0 unspecified atom stereocenters. The molecule has 61 heavy (non-hydrogen) atoms. The Hall–Kier alpha value is -8.07. The minimum absolute atomic E-state index is 0.595. The molecule has 0 saturated heterocycles. The van der Waals surface area contributed by atoms with Crippen LogP contribution in [0.25, 0.3) is 111 Å². The van der Waals surface area contributed by atoms with Crippen LogP contribution in [-0.4, -0.2) is 33.7 Å². The lowest BCUT2D eigenvalue weighted by Gasteiger charge is -2.10. The van der Waals surface area contributed by atoms with Crippen LogP contribution >= 0.6 is 11.3 Å². The summed E-state index contributed by atoms with van der Waals surface area (Å²) in [6.45, 7) is 0. The van der Waals surface area contributed by atoms with Gasteiger partial charge >= 0.3 is 0 Å². The Bertz CT molecular complexity index is 3390. The van der Waals surface area contributed by atoms with Crippen molar-refractivity contribution in [3.8, 4) is 79.2 Å². The fraction of sp³-hybridized carbons (Fsp3) is 0. The zero-order valence-electron chi connectivity index (χ0n) is 32.6. The second kappa shape index (κ2) is 14.3. The Balaban J connectivity index is 0.974. The Labute approximate surface area is 354 Å². The van der Waals surface area contributed by atoms with Crippen LogP contribution in [0.5, 0.6) is 0 Å². The minimum Gasteiger partial charge on any atom is -0.299 e. The zero-order valence-corrected chi connectivity index (χ0v) is 33.4. The van der Waals surface area contributed by atoms with Crippen LogP contribution in [0.15, 0.2) is 200 Å². The Morgan fingerprint density at radius 2 is 0.738 bits per heavy atom. The molecule has 6 heterocycles. The molecule has 6 aromatic heterocycles. The Morgan fingerprint density at radius 1 is 0.311 bits per heavy atom. The summed E-state index contributed by atoms with van der Waals surface area (Å²) < 4.78 is 6.76. The zero-order chi connectivity index (χ0) is 40.3. The fourth-order valence-electron chi connectivity index (χ4n) is 8.32. The van der Waals surface area contributed by atoms with Crippen LogP contribution in [0.1, 0.15) is 0 Å². The van der Waals surface area contributed by atoms with Gasteiger partial charge < -0.3 is 0 Å².